The van der Waals surface area contributed by atoms with Crippen LogP contribution in [0.4, 0.5) is 29.1 Å². The van der Waals surface area contributed by atoms with Crippen molar-refractivity contribution >= 4 is 33.2 Å². The van der Waals surface area contributed by atoms with Crippen LogP contribution in [0.3, 0.4) is 0 Å². The first-order valence-electron chi connectivity index (χ1n) is 19.0. The van der Waals surface area contributed by atoms with Crippen LogP contribution in [-0.2, 0) is 13.0 Å². The van der Waals surface area contributed by atoms with Crippen LogP contribution in [0.15, 0.2) is 37.9 Å². The van der Waals surface area contributed by atoms with Gasteiger partial charge in [-0.15, -0.1) is 6.42 Å². The summed E-state index contributed by atoms with van der Waals surface area (Å²) in [5.41, 5.74) is 7.02. The van der Waals surface area contributed by atoms with Gasteiger partial charge in [-0.3, -0.25) is 4.90 Å². The summed E-state index contributed by atoms with van der Waals surface area (Å²) in [6.45, 7) is 6.17. The van der Waals surface area contributed by atoms with E-state index in [4.69, 9.17) is 35.7 Å². The number of hydrogen-bond donors (Lipinski definition) is 2. The molecule has 1 fully saturated rings. The Morgan fingerprint density at radius 2 is 1.98 bits per heavy atom. The Kier molecular flexibility index (Phi) is 11.5. The van der Waals surface area contributed by atoms with E-state index < -0.39 is 35.7 Å². The summed E-state index contributed by atoms with van der Waals surface area (Å²) in [6, 6.07) is 5.53. The van der Waals surface area contributed by atoms with E-state index in [9.17, 15) is 13.6 Å². The number of unbranched alkanes of at least 4 members (excludes halogenated alkanes) is 1. The van der Waals surface area contributed by atoms with Crippen LogP contribution >= 0.6 is 0 Å². The van der Waals surface area contributed by atoms with E-state index in [0.717, 1.165) is 12.8 Å². The minimum Gasteiger partial charge on any atom is -0.463 e. The summed E-state index contributed by atoms with van der Waals surface area (Å²) in [4.78, 5) is 30.1. The van der Waals surface area contributed by atoms with Gasteiger partial charge in [-0.25, -0.2) is 27.3 Å². The number of anilines is 2. The molecular formula is C41H45F4N7O4. The average molecular weight is 776 g/mol. The molecule has 296 valence electrons. The lowest BCUT2D eigenvalue weighted by Gasteiger charge is -2.35. The number of nitrogens with zero attached hydrogens (tertiary/aromatic N) is 5. The second-order valence-electron chi connectivity index (χ2n) is 14.9. The minimum absolute atomic E-state index is 0.0538. The Balaban J connectivity index is 1.33. The lowest BCUT2D eigenvalue weighted by Crippen LogP contribution is -2.43. The summed E-state index contributed by atoms with van der Waals surface area (Å²) < 4.78 is 77.1. The van der Waals surface area contributed by atoms with Gasteiger partial charge < -0.3 is 29.5 Å². The first-order chi connectivity index (χ1) is 26.9. The molecule has 0 aliphatic carbocycles. The van der Waals surface area contributed by atoms with Gasteiger partial charge in [0, 0.05) is 47.6 Å². The number of terminal acetylenes is 1. The number of likely N-dealkylation sites (tertiary alicyclic amines) is 1. The number of fused-ring (bicyclic) bond motifs is 1. The van der Waals surface area contributed by atoms with Crippen LogP contribution in [0, 0.1) is 42.7 Å². The fourth-order valence-electron chi connectivity index (χ4n) is 8.03. The molecule has 0 spiro atoms. The Bertz CT molecular complexity index is 2340. The molecule has 11 nitrogen and oxygen atoms in total. The summed E-state index contributed by atoms with van der Waals surface area (Å²) in [6.07, 6.45) is 7.12. The lowest BCUT2D eigenvalue weighted by atomic mass is 9.86. The number of aryl methyl sites for hydroxylation is 2. The number of benzene rings is 2. The number of nitrogen functional groups attached to an aromatic ring is 1. The van der Waals surface area contributed by atoms with Crippen molar-refractivity contribution in [1.29, 1.82) is 0 Å². The zero-order chi connectivity index (χ0) is 39.7. The molecule has 2 aliphatic heterocycles. The van der Waals surface area contributed by atoms with Gasteiger partial charge in [0.15, 0.2) is 11.6 Å². The molecule has 2 aromatic carbocycles. The molecule has 7 rings (SSSR count). The van der Waals surface area contributed by atoms with Crippen molar-refractivity contribution in [2.45, 2.75) is 71.4 Å². The maximum absolute atomic E-state index is 17.2. The van der Waals surface area contributed by atoms with Crippen molar-refractivity contribution in [1.82, 2.24) is 24.8 Å². The number of hydrogen-bond acceptors (Lipinski definition) is 11. The number of nitrogens with one attached hydrogen (secondary N) is 1. The number of piperidine rings is 1. The summed E-state index contributed by atoms with van der Waals surface area (Å²) in [5.74, 6) is -0.0806. The van der Waals surface area contributed by atoms with Gasteiger partial charge in [0.2, 0.25) is 6.43 Å². The molecule has 5 aromatic rings. The highest BCUT2D eigenvalue weighted by Crippen LogP contribution is 2.40. The fourth-order valence-corrected chi connectivity index (χ4v) is 8.03. The van der Waals surface area contributed by atoms with E-state index >= 15 is 8.78 Å². The second-order valence-corrected chi connectivity index (χ2v) is 14.9. The zero-order valence-electron chi connectivity index (χ0n) is 31.6. The van der Waals surface area contributed by atoms with Gasteiger partial charge in [-0.05, 0) is 82.8 Å². The number of aromatic nitrogens is 3. The molecular weight excluding hydrogens is 730 g/mol. The third-order valence-corrected chi connectivity index (χ3v) is 10.9. The maximum atomic E-state index is 17.2. The molecule has 0 bridgehead atoms. The van der Waals surface area contributed by atoms with Crippen LogP contribution < -0.4 is 21.6 Å². The third kappa shape index (κ3) is 8.03. The maximum Gasteiger partial charge on any atom is 0.519 e. The van der Waals surface area contributed by atoms with Crippen molar-refractivity contribution in [2.24, 2.45) is 11.8 Å². The van der Waals surface area contributed by atoms with Crippen molar-refractivity contribution < 1.29 is 31.1 Å². The Labute approximate surface area is 321 Å². The van der Waals surface area contributed by atoms with Crippen LogP contribution in [0.1, 0.15) is 61.8 Å². The zero-order valence-corrected chi connectivity index (χ0v) is 31.6. The lowest BCUT2D eigenvalue weighted by molar-refractivity contribution is -0.0142. The predicted octanol–water partition coefficient (Wildman–Crippen LogP) is 7.17. The number of halogens is 4. The Morgan fingerprint density at radius 1 is 1.16 bits per heavy atom. The van der Waals surface area contributed by atoms with Crippen LogP contribution in [0.2, 0.25) is 0 Å². The summed E-state index contributed by atoms with van der Waals surface area (Å²) >= 11 is 0. The highest BCUT2D eigenvalue weighted by atomic mass is 19.3. The Morgan fingerprint density at radius 3 is 2.71 bits per heavy atom. The number of ether oxygens (including phenoxy) is 1. The van der Waals surface area contributed by atoms with E-state index in [1.165, 1.54) is 18.2 Å². The van der Waals surface area contributed by atoms with E-state index in [0.29, 0.717) is 92.1 Å². The van der Waals surface area contributed by atoms with Crippen LogP contribution in [0.5, 0.6) is 6.01 Å². The molecule has 0 radical (unpaired) electrons. The number of rotatable bonds is 12. The molecule has 3 aromatic heterocycles. The molecule has 56 heavy (non-hydrogen) atoms. The Hall–Kier alpha value is -5.20. The van der Waals surface area contributed by atoms with Gasteiger partial charge in [-0.2, -0.15) is 9.97 Å². The van der Waals surface area contributed by atoms with Crippen molar-refractivity contribution in [3.63, 3.8) is 0 Å². The van der Waals surface area contributed by atoms with E-state index in [1.54, 1.807) is 13.0 Å². The van der Waals surface area contributed by atoms with Gasteiger partial charge >= 0.3 is 11.8 Å². The van der Waals surface area contributed by atoms with Gasteiger partial charge in [0.25, 0.3) is 0 Å². The molecule has 5 heterocycles. The fraction of sp³-hybridized carbons (Fsp3) is 0.463. The van der Waals surface area contributed by atoms with E-state index in [2.05, 4.69) is 28.0 Å². The number of nitrogens with two attached hydrogens (primary N) is 1. The number of alkyl halides is 2. The second kappa shape index (κ2) is 16.5. The molecule has 3 unspecified atom stereocenters. The molecule has 0 amide bonds. The SMILES string of the molecule is C#Cc1c(F)ccc2cc(N)cc(-c3nc4c5c(nc(OCC6CN(C)CCC6C(F)F)nc5c3F)NC(CN(CCCC)Cc3oc(=O)oc3C)CCC4)c12. The van der Waals surface area contributed by atoms with Crippen LogP contribution in [-0.4, -0.2) is 77.1 Å². The van der Waals surface area contributed by atoms with E-state index in [-0.39, 0.29) is 52.2 Å². The van der Waals surface area contributed by atoms with Crippen molar-refractivity contribution in [3.05, 3.63) is 69.3 Å². The monoisotopic (exact) mass is 775 g/mol. The smallest absolute Gasteiger partial charge is 0.463 e. The van der Waals surface area contributed by atoms with Crippen molar-refractivity contribution in [2.75, 3.05) is 50.9 Å². The quantitative estimate of drug-likeness (QED) is 0.0759. The molecule has 3 N–H and O–H groups in total. The first-order valence-corrected chi connectivity index (χ1v) is 19.0. The summed E-state index contributed by atoms with van der Waals surface area (Å²) in [5, 5.41) is 4.66. The molecule has 3 atom stereocenters. The largest absolute Gasteiger partial charge is 0.519 e. The first kappa shape index (κ1) is 39.1. The van der Waals surface area contributed by atoms with Crippen LogP contribution in [0.25, 0.3) is 32.9 Å². The van der Waals surface area contributed by atoms with Gasteiger partial charge in [-0.1, -0.05) is 25.3 Å². The number of pyridine rings is 1. The molecule has 15 heteroatoms. The molecule has 0 saturated carbocycles. The average Bonchev–Trinajstić information content (AvgIpc) is 3.47. The standard InChI is InChI=1S/C41H45F4N7O4/c1-5-7-14-52(20-32-22(3)55-41(53)56-32)19-26-9-8-10-31-34-37(49-40(50-39(34)47-26)54-21-24-18-51(4)15-13-28(24)38(44)45)35(43)36(48-31)29-17-25(46)16-23-11-12-30(42)27(6-2)33(23)29/h2,11-12,16-17,24,26,28,38H,5,7-10,13-15,18-21,46H2,1,3-4H3,(H,47,49,50). The van der Waals surface area contributed by atoms with Crippen molar-refractivity contribution in [3.8, 4) is 29.6 Å². The normalized spacial score (nSPS) is 19.0. The molecule has 1 saturated heterocycles. The predicted molar refractivity (Wildman–Crippen MR) is 206 cm³/mol. The van der Waals surface area contributed by atoms with Gasteiger partial charge in [0.05, 0.1) is 29.8 Å². The third-order valence-electron chi connectivity index (χ3n) is 10.9. The summed E-state index contributed by atoms with van der Waals surface area (Å²) in [7, 11) is 1.87. The van der Waals surface area contributed by atoms with E-state index in [1.807, 2.05) is 11.9 Å². The van der Waals surface area contributed by atoms with Gasteiger partial charge in [0.1, 0.15) is 28.6 Å². The topological polar surface area (TPSA) is 136 Å². The molecule has 2 aliphatic rings. The minimum atomic E-state index is -2.53. The highest BCUT2D eigenvalue weighted by Gasteiger charge is 2.35. The highest BCUT2D eigenvalue weighted by molar-refractivity contribution is 6.04.